The van der Waals surface area contributed by atoms with Crippen LogP contribution in [-0.2, 0) is 9.53 Å². The van der Waals surface area contributed by atoms with Crippen LogP contribution in [0.5, 0.6) is 0 Å². The lowest BCUT2D eigenvalue weighted by Gasteiger charge is -2.18. The van der Waals surface area contributed by atoms with Crippen molar-refractivity contribution in [1.29, 1.82) is 0 Å². The third kappa shape index (κ3) is 4.72. The zero-order valence-electron chi connectivity index (χ0n) is 12.7. The van der Waals surface area contributed by atoms with E-state index in [4.69, 9.17) is 10.5 Å². The van der Waals surface area contributed by atoms with Crippen molar-refractivity contribution in [3.63, 3.8) is 0 Å². The van der Waals surface area contributed by atoms with Gasteiger partial charge in [0.25, 0.3) is 0 Å². The molecule has 1 aliphatic heterocycles. The molecular weight excluding hydrogens is 266 g/mol. The average molecular weight is 291 g/mol. The molecule has 0 aromatic heterocycles. The number of nitrogens with zero attached hydrogens (tertiary/aromatic N) is 1. The molecule has 0 bridgehead atoms. The molecule has 1 aromatic carbocycles. The maximum Gasteiger partial charge on any atom is 0.241 e. The van der Waals surface area contributed by atoms with Crippen LogP contribution >= 0.6 is 0 Å². The van der Waals surface area contributed by atoms with Gasteiger partial charge in [-0.05, 0) is 49.9 Å². The van der Waals surface area contributed by atoms with Gasteiger partial charge in [0.15, 0.2) is 0 Å². The summed E-state index contributed by atoms with van der Waals surface area (Å²) in [5.41, 5.74) is 7.87. The van der Waals surface area contributed by atoms with Crippen LogP contribution in [0.2, 0.25) is 0 Å². The van der Waals surface area contributed by atoms with Crippen LogP contribution in [0.15, 0.2) is 24.3 Å². The predicted octanol–water partition coefficient (Wildman–Crippen LogP) is 1.98. The third-order valence-corrected chi connectivity index (χ3v) is 3.81. The summed E-state index contributed by atoms with van der Waals surface area (Å²) >= 11 is 0. The molecule has 5 nitrogen and oxygen atoms in total. The maximum absolute atomic E-state index is 12.0. The fourth-order valence-electron chi connectivity index (χ4n) is 2.54. The highest BCUT2D eigenvalue weighted by molar-refractivity contribution is 5.94. The minimum Gasteiger partial charge on any atom is -0.385 e. The summed E-state index contributed by atoms with van der Waals surface area (Å²) < 4.78 is 4.96. The van der Waals surface area contributed by atoms with Gasteiger partial charge in [-0.2, -0.15) is 0 Å². The maximum atomic E-state index is 12.0. The molecule has 116 valence electrons. The van der Waals surface area contributed by atoms with Gasteiger partial charge in [0.1, 0.15) is 0 Å². The van der Waals surface area contributed by atoms with Gasteiger partial charge in [0.05, 0.1) is 6.04 Å². The third-order valence-electron chi connectivity index (χ3n) is 3.81. The molecule has 2 rings (SSSR count). The average Bonchev–Trinajstić information content (AvgIpc) is 3.02. The molecule has 21 heavy (non-hydrogen) atoms. The Morgan fingerprint density at radius 1 is 1.33 bits per heavy atom. The molecule has 1 saturated heterocycles. The molecule has 5 heteroatoms. The van der Waals surface area contributed by atoms with Gasteiger partial charge in [-0.1, -0.05) is 0 Å². The van der Waals surface area contributed by atoms with E-state index < -0.39 is 6.04 Å². The monoisotopic (exact) mass is 291 g/mol. The highest BCUT2D eigenvalue weighted by Gasteiger charge is 2.14. The lowest BCUT2D eigenvalue weighted by atomic mass is 10.1. The van der Waals surface area contributed by atoms with E-state index in [1.54, 1.807) is 7.11 Å². The van der Waals surface area contributed by atoms with Gasteiger partial charge >= 0.3 is 0 Å². The molecule has 0 aliphatic carbocycles. The van der Waals surface area contributed by atoms with Crippen LogP contribution in [0.4, 0.5) is 11.4 Å². The van der Waals surface area contributed by atoms with Crippen LogP contribution in [0, 0.1) is 0 Å². The first-order valence-electron chi connectivity index (χ1n) is 7.61. The molecule has 1 unspecified atom stereocenters. The van der Waals surface area contributed by atoms with Gasteiger partial charge in [0.2, 0.25) is 5.91 Å². The fraction of sp³-hybridized carbons (Fsp3) is 0.562. The lowest BCUT2D eigenvalue weighted by Crippen LogP contribution is -2.35. The second-order valence-electron chi connectivity index (χ2n) is 5.47. The van der Waals surface area contributed by atoms with Crippen molar-refractivity contribution in [3.8, 4) is 0 Å². The Hall–Kier alpha value is -1.59. The Kier molecular flexibility index (Phi) is 6.02. The predicted molar refractivity (Wildman–Crippen MR) is 85.6 cm³/mol. The summed E-state index contributed by atoms with van der Waals surface area (Å²) in [6, 6.07) is 7.49. The molecule has 1 amide bonds. The zero-order chi connectivity index (χ0) is 15.1. The van der Waals surface area contributed by atoms with Crippen molar-refractivity contribution >= 4 is 17.3 Å². The first kappa shape index (κ1) is 15.8. The summed E-state index contributed by atoms with van der Waals surface area (Å²) in [5.74, 6) is -0.139. The van der Waals surface area contributed by atoms with Crippen molar-refractivity contribution in [3.05, 3.63) is 24.3 Å². The van der Waals surface area contributed by atoms with Gasteiger partial charge < -0.3 is 20.7 Å². The second-order valence-corrected chi connectivity index (χ2v) is 5.47. The van der Waals surface area contributed by atoms with E-state index in [1.165, 1.54) is 18.5 Å². The molecule has 1 aromatic rings. The Labute approximate surface area is 126 Å². The number of carbonyl (C=O) groups excluding carboxylic acids is 1. The number of nitrogens with two attached hydrogens (primary N) is 1. The molecule has 1 fully saturated rings. The molecular formula is C16H25N3O2. The quantitative estimate of drug-likeness (QED) is 0.754. The summed E-state index contributed by atoms with van der Waals surface area (Å²) in [6.07, 6.45) is 3.94. The van der Waals surface area contributed by atoms with Crippen LogP contribution in [0.25, 0.3) is 0 Å². The minimum absolute atomic E-state index is 0.139. The molecule has 1 heterocycles. The van der Waals surface area contributed by atoms with E-state index in [9.17, 15) is 4.79 Å². The van der Waals surface area contributed by atoms with E-state index in [0.29, 0.717) is 13.0 Å². The molecule has 0 saturated carbocycles. The van der Waals surface area contributed by atoms with Gasteiger partial charge in [-0.25, -0.2) is 0 Å². The van der Waals surface area contributed by atoms with Crippen molar-refractivity contribution in [1.82, 2.24) is 0 Å². The molecule has 1 atom stereocenters. The second kappa shape index (κ2) is 8.00. The number of methoxy groups -OCH3 is 1. The van der Waals surface area contributed by atoms with Crippen molar-refractivity contribution in [2.24, 2.45) is 5.73 Å². The summed E-state index contributed by atoms with van der Waals surface area (Å²) in [6.45, 7) is 2.87. The van der Waals surface area contributed by atoms with Crippen LogP contribution in [-0.4, -0.2) is 38.8 Å². The summed E-state index contributed by atoms with van der Waals surface area (Å²) in [5, 5.41) is 2.86. The van der Waals surface area contributed by atoms with Crippen molar-refractivity contribution < 1.29 is 9.53 Å². The molecule has 3 N–H and O–H groups in total. The van der Waals surface area contributed by atoms with E-state index in [2.05, 4.69) is 22.3 Å². The number of benzene rings is 1. The minimum atomic E-state index is -0.488. The number of ether oxygens (including phenoxy) is 1. The lowest BCUT2D eigenvalue weighted by molar-refractivity contribution is -0.117. The van der Waals surface area contributed by atoms with E-state index in [0.717, 1.165) is 25.2 Å². The number of hydrogen-bond donors (Lipinski definition) is 2. The number of anilines is 2. The standard InChI is InChI=1S/C16H25N3O2/c1-21-12-4-5-15(17)16(20)18-13-6-8-14(9-7-13)19-10-2-3-11-19/h6-9,15H,2-5,10-12,17H2,1H3,(H,18,20). The number of rotatable bonds is 7. The first-order chi connectivity index (χ1) is 10.2. The van der Waals surface area contributed by atoms with E-state index in [-0.39, 0.29) is 5.91 Å². The highest BCUT2D eigenvalue weighted by atomic mass is 16.5. The highest BCUT2D eigenvalue weighted by Crippen LogP contribution is 2.22. The van der Waals surface area contributed by atoms with Gasteiger partial charge in [-0.3, -0.25) is 4.79 Å². The topological polar surface area (TPSA) is 67.6 Å². The van der Waals surface area contributed by atoms with E-state index >= 15 is 0 Å². The zero-order valence-corrected chi connectivity index (χ0v) is 12.7. The molecule has 0 spiro atoms. The first-order valence-corrected chi connectivity index (χ1v) is 7.61. The van der Waals surface area contributed by atoms with Gasteiger partial charge in [-0.15, -0.1) is 0 Å². The normalized spacial score (nSPS) is 16.0. The Bertz CT molecular complexity index is 441. The van der Waals surface area contributed by atoms with Crippen LogP contribution in [0.3, 0.4) is 0 Å². The molecule has 1 aliphatic rings. The van der Waals surface area contributed by atoms with Crippen molar-refractivity contribution in [2.45, 2.75) is 31.7 Å². The fourth-order valence-corrected chi connectivity index (χ4v) is 2.54. The largest absolute Gasteiger partial charge is 0.385 e. The molecule has 0 radical (unpaired) electrons. The Balaban J connectivity index is 1.83. The number of carbonyl (C=O) groups is 1. The number of amides is 1. The Morgan fingerprint density at radius 2 is 2.00 bits per heavy atom. The van der Waals surface area contributed by atoms with Crippen LogP contribution < -0.4 is 16.0 Å². The summed E-state index contributed by atoms with van der Waals surface area (Å²) in [4.78, 5) is 14.3. The smallest absolute Gasteiger partial charge is 0.241 e. The SMILES string of the molecule is COCCCC(N)C(=O)Nc1ccc(N2CCCC2)cc1. The Morgan fingerprint density at radius 3 is 2.62 bits per heavy atom. The van der Waals surface area contributed by atoms with Crippen LogP contribution in [0.1, 0.15) is 25.7 Å². The van der Waals surface area contributed by atoms with Crippen molar-refractivity contribution in [2.75, 3.05) is 37.0 Å². The number of nitrogens with one attached hydrogen (secondary N) is 1. The van der Waals surface area contributed by atoms with Gasteiger partial charge in [0, 0.05) is 38.2 Å². The summed E-state index contributed by atoms with van der Waals surface area (Å²) in [7, 11) is 1.65. The number of hydrogen-bond acceptors (Lipinski definition) is 4. The van der Waals surface area contributed by atoms with E-state index in [1.807, 2.05) is 12.1 Å².